The maximum Gasteiger partial charge on any atom is 0.268 e. The van der Waals surface area contributed by atoms with Crippen LogP contribution in [-0.2, 0) is 23.2 Å². The lowest BCUT2D eigenvalue weighted by Crippen LogP contribution is -2.37. The fourth-order valence-electron chi connectivity index (χ4n) is 3.48. The molecular weight excluding hydrogens is 596 g/mol. The van der Waals surface area contributed by atoms with Gasteiger partial charge >= 0.3 is 0 Å². The first-order valence-corrected chi connectivity index (χ1v) is 16.5. The lowest BCUT2D eigenvalue weighted by Gasteiger charge is -2.27. The van der Waals surface area contributed by atoms with Crippen molar-refractivity contribution < 1.29 is 32.6 Å². The zero-order valence-corrected chi connectivity index (χ0v) is 25.9. The summed E-state index contributed by atoms with van der Waals surface area (Å²) in [5.41, 5.74) is 0. The molecule has 0 saturated heterocycles. The summed E-state index contributed by atoms with van der Waals surface area (Å²) >= 11 is 2.03. The molecule has 0 aliphatic carbocycles. The average molecular weight is 648 g/mol. The van der Waals surface area contributed by atoms with Crippen LogP contribution in [0.4, 0.5) is 0 Å². The number of quaternary nitrogens is 1. The summed E-state index contributed by atoms with van der Waals surface area (Å²) in [6.45, 7) is 2.17. The van der Waals surface area contributed by atoms with Crippen LogP contribution in [0.25, 0.3) is 0 Å². The molecule has 0 bridgehead atoms. The Bertz CT molecular complexity index is 619. The molecule has 0 spiro atoms. The van der Waals surface area contributed by atoms with Crippen molar-refractivity contribution in [3.05, 3.63) is 0 Å². The second-order valence-electron chi connectivity index (χ2n) is 10.3. The number of alkyl halides is 1. The monoisotopic (exact) mass is 647 g/mol. The van der Waals surface area contributed by atoms with Crippen molar-refractivity contribution >= 4 is 42.2 Å². The van der Waals surface area contributed by atoms with Gasteiger partial charge in [-0.15, -0.1) is 0 Å². The second-order valence-corrected chi connectivity index (χ2v) is 12.5. The Hall–Kier alpha value is -0.260. The standard InChI is InChI=1S/C25H51IN3O6P/c1-29(2,3)20-22-35-36(32,33)34-21-15-13-11-9-7-5-4-6-8-10-12-14-17-24(30)27-18-16-19-28-25(31)23-26/h4-23H2,1-3H3,(H2-,27,28,30,31,32,33). The van der Waals surface area contributed by atoms with E-state index < -0.39 is 7.82 Å². The minimum absolute atomic E-state index is 0.0355. The van der Waals surface area contributed by atoms with Crippen LogP contribution in [0.15, 0.2) is 0 Å². The number of carbonyl (C=O) groups is 2. The third kappa shape index (κ3) is 26.8. The number of nitrogens with one attached hydrogen (secondary N) is 2. The summed E-state index contributed by atoms with van der Waals surface area (Å²) in [6.07, 6.45) is 14.7. The van der Waals surface area contributed by atoms with Gasteiger partial charge in [0.15, 0.2) is 0 Å². The summed E-state index contributed by atoms with van der Waals surface area (Å²) in [6, 6.07) is 0. The summed E-state index contributed by atoms with van der Waals surface area (Å²) in [7, 11) is 1.77. The minimum atomic E-state index is -4.17. The number of hydrogen-bond acceptors (Lipinski definition) is 6. The van der Waals surface area contributed by atoms with E-state index in [-0.39, 0.29) is 25.0 Å². The molecule has 2 N–H and O–H groups in total. The van der Waals surface area contributed by atoms with Crippen LogP contribution in [0.5, 0.6) is 0 Å². The van der Waals surface area contributed by atoms with Gasteiger partial charge in [-0.3, -0.25) is 14.2 Å². The number of nitrogens with zero attached hydrogens (tertiary/aromatic N) is 1. The maximum atomic E-state index is 11.8. The SMILES string of the molecule is C[N+](C)(C)CCOP(=O)([O-])OCCCCCCCCCCCCCCC(=O)NCCCNC(=O)CI. The summed E-state index contributed by atoms with van der Waals surface area (Å²) in [4.78, 5) is 34.6. The fourth-order valence-corrected chi connectivity index (χ4v) is 4.48. The van der Waals surface area contributed by atoms with Crippen LogP contribution in [-0.4, -0.2) is 74.7 Å². The Labute approximate surface area is 233 Å². The molecular formula is C25H51IN3O6P. The molecule has 0 aliphatic heterocycles. The third-order valence-corrected chi connectivity index (χ3v) is 7.37. The number of rotatable bonds is 25. The fraction of sp³-hybridized carbons (Fsp3) is 0.920. The Balaban J connectivity index is 3.35. The highest BCUT2D eigenvalue weighted by Crippen LogP contribution is 2.38. The molecule has 1 unspecified atom stereocenters. The normalized spacial score (nSPS) is 13.4. The van der Waals surface area contributed by atoms with E-state index in [4.69, 9.17) is 9.05 Å². The smallest absolute Gasteiger partial charge is 0.268 e. The molecule has 0 aliphatic rings. The van der Waals surface area contributed by atoms with Gasteiger partial charge in [-0.1, -0.05) is 86.8 Å². The van der Waals surface area contributed by atoms with Gasteiger partial charge in [0.2, 0.25) is 11.8 Å². The van der Waals surface area contributed by atoms with Crippen LogP contribution >= 0.6 is 30.4 Å². The highest BCUT2D eigenvalue weighted by Gasteiger charge is 2.13. The van der Waals surface area contributed by atoms with Crippen LogP contribution in [0, 0.1) is 0 Å². The van der Waals surface area contributed by atoms with E-state index in [9.17, 15) is 19.0 Å². The molecule has 0 radical (unpaired) electrons. The number of phosphoric acid groups is 1. The lowest BCUT2D eigenvalue weighted by molar-refractivity contribution is -0.870. The number of carbonyl (C=O) groups excluding carboxylic acids is 2. The van der Waals surface area contributed by atoms with Crippen LogP contribution in [0.2, 0.25) is 0 Å². The summed E-state index contributed by atoms with van der Waals surface area (Å²) in [5.74, 6) is 0.140. The van der Waals surface area contributed by atoms with Crippen LogP contribution < -0.4 is 15.5 Å². The van der Waals surface area contributed by atoms with E-state index in [2.05, 4.69) is 10.6 Å². The van der Waals surface area contributed by atoms with Crippen molar-refractivity contribution in [3.8, 4) is 0 Å². The van der Waals surface area contributed by atoms with E-state index in [1.807, 2.05) is 43.7 Å². The molecule has 0 fully saturated rings. The molecule has 9 nitrogen and oxygen atoms in total. The van der Waals surface area contributed by atoms with E-state index >= 15 is 0 Å². The Morgan fingerprint density at radius 2 is 1.17 bits per heavy atom. The predicted octanol–water partition coefficient (Wildman–Crippen LogP) is 4.32. The Morgan fingerprint density at radius 1 is 0.722 bits per heavy atom. The van der Waals surface area contributed by atoms with E-state index in [0.717, 1.165) is 38.5 Å². The first-order chi connectivity index (χ1) is 17.1. The third-order valence-electron chi connectivity index (χ3n) is 5.68. The van der Waals surface area contributed by atoms with Gasteiger partial charge in [-0.2, -0.15) is 0 Å². The van der Waals surface area contributed by atoms with Crippen molar-refractivity contribution in [3.63, 3.8) is 0 Å². The molecule has 0 aromatic rings. The van der Waals surface area contributed by atoms with Gasteiger partial charge in [0.1, 0.15) is 13.2 Å². The highest BCUT2D eigenvalue weighted by atomic mass is 127. The molecule has 0 aromatic heterocycles. The van der Waals surface area contributed by atoms with Crippen molar-refractivity contribution in [2.24, 2.45) is 0 Å². The molecule has 11 heteroatoms. The number of amides is 2. The number of unbranched alkanes of at least 4 members (excludes halogenated alkanes) is 11. The van der Waals surface area contributed by atoms with Gasteiger partial charge in [0.05, 0.1) is 32.2 Å². The van der Waals surface area contributed by atoms with Crippen molar-refractivity contribution in [1.82, 2.24) is 10.6 Å². The molecule has 0 aromatic carbocycles. The number of halogens is 1. The second kappa shape index (κ2) is 22.7. The van der Waals surface area contributed by atoms with E-state index in [1.54, 1.807) is 0 Å². The lowest BCUT2D eigenvalue weighted by atomic mass is 10.0. The minimum Gasteiger partial charge on any atom is -0.756 e. The Morgan fingerprint density at radius 3 is 1.67 bits per heavy atom. The molecule has 214 valence electrons. The zero-order chi connectivity index (χ0) is 27.1. The van der Waals surface area contributed by atoms with Crippen molar-refractivity contribution in [2.45, 2.75) is 89.9 Å². The average Bonchev–Trinajstić information content (AvgIpc) is 2.80. The zero-order valence-electron chi connectivity index (χ0n) is 22.9. The predicted molar refractivity (Wildman–Crippen MR) is 152 cm³/mol. The molecule has 0 rings (SSSR count). The van der Waals surface area contributed by atoms with Crippen molar-refractivity contribution in [2.75, 3.05) is 58.4 Å². The number of phosphoric ester groups is 1. The van der Waals surface area contributed by atoms with Gasteiger partial charge in [0, 0.05) is 19.5 Å². The van der Waals surface area contributed by atoms with Crippen molar-refractivity contribution in [1.29, 1.82) is 0 Å². The van der Waals surface area contributed by atoms with Gasteiger partial charge in [0.25, 0.3) is 7.82 Å². The quantitative estimate of drug-likeness (QED) is 0.0502. The molecule has 0 heterocycles. The van der Waals surface area contributed by atoms with Gasteiger partial charge in [-0.25, -0.2) is 0 Å². The molecule has 1 atom stereocenters. The van der Waals surface area contributed by atoms with Gasteiger partial charge < -0.3 is 29.1 Å². The molecule has 36 heavy (non-hydrogen) atoms. The maximum absolute atomic E-state index is 11.8. The van der Waals surface area contributed by atoms with E-state index in [1.165, 1.54) is 44.9 Å². The number of hydrogen-bond donors (Lipinski definition) is 2. The molecule has 0 saturated carbocycles. The summed E-state index contributed by atoms with van der Waals surface area (Å²) in [5, 5.41) is 5.70. The van der Waals surface area contributed by atoms with Gasteiger partial charge in [-0.05, 0) is 19.3 Å². The topological polar surface area (TPSA) is 117 Å². The van der Waals surface area contributed by atoms with Crippen LogP contribution in [0.3, 0.4) is 0 Å². The summed E-state index contributed by atoms with van der Waals surface area (Å²) < 4.78 is 22.6. The first kappa shape index (κ1) is 35.7. The number of likely N-dealkylation sites (N-methyl/N-ethyl adjacent to an activating group) is 1. The molecule has 2 amide bonds. The van der Waals surface area contributed by atoms with Crippen LogP contribution in [0.1, 0.15) is 89.9 Å². The largest absolute Gasteiger partial charge is 0.756 e. The highest BCUT2D eigenvalue weighted by molar-refractivity contribution is 14.1. The Kier molecular flexibility index (Phi) is 22.5. The first-order valence-electron chi connectivity index (χ1n) is 13.6. The van der Waals surface area contributed by atoms with E-state index in [0.29, 0.717) is 35.0 Å².